The van der Waals surface area contributed by atoms with E-state index in [0.29, 0.717) is 5.95 Å². The normalized spacial score (nSPS) is 24.0. The first-order chi connectivity index (χ1) is 15.6. The molecule has 2 aliphatic carbocycles. The van der Waals surface area contributed by atoms with Crippen LogP contribution in [0.5, 0.6) is 0 Å². The zero-order valence-electron chi connectivity index (χ0n) is 19.0. The minimum absolute atomic E-state index is 0.129. The van der Waals surface area contributed by atoms with Gasteiger partial charge in [0.15, 0.2) is 5.82 Å². The van der Waals surface area contributed by atoms with Crippen molar-refractivity contribution in [2.24, 2.45) is 0 Å². The molecule has 0 radical (unpaired) electrons. The number of hydrogen-bond donors (Lipinski definition) is 2. The van der Waals surface area contributed by atoms with Crippen LogP contribution in [0.1, 0.15) is 75.2 Å². The molecule has 170 valence electrons. The quantitative estimate of drug-likeness (QED) is 0.748. The van der Waals surface area contributed by atoms with Crippen LogP contribution in [0.2, 0.25) is 0 Å². The van der Waals surface area contributed by atoms with Crippen LogP contribution in [0, 0.1) is 0 Å². The third-order valence-corrected chi connectivity index (χ3v) is 8.07. The molecule has 4 aliphatic rings. The summed E-state index contributed by atoms with van der Waals surface area (Å²) in [5.74, 6) is 2.63. The molecule has 2 N–H and O–H groups in total. The zero-order chi connectivity index (χ0) is 21.7. The lowest BCUT2D eigenvalue weighted by Crippen LogP contribution is -2.45. The highest BCUT2D eigenvalue weighted by atomic mass is 16.2. The number of aryl methyl sites for hydroxylation is 1. The second-order valence-electron chi connectivity index (χ2n) is 10.2. The molecule has 8 nitrogen and oxygen atoms in total. The highest BCUT2D eigenvalue weighted by Gasteiger charge is 2.37. The number of H-pyrrole nitrogens is 1. The van der Waals surface area contributed by atoms with Gasteiger partial charge >= 0.3 is 0 Å². The Balaban J connectivity index is 1.28. The number of nitrogens with zero attached hydrogens (tertiary/aromatic N) is 5. The van der Waals surface area contributed by atoms with Crippen molar-refractivity contribution >= 4 is 23.5 Å². The van der Waals surface area contributed by atoms with Crippen molar-refractivity contribution < 1.29 is 4.79 Å². The minimum atomic E-state index is -0.129. The van der Waals surface area contributed by atoms with Gasteiger partial charge in [-0.1, -0.05) is 13.3 Å². The number of nitrogens with one attached hydrogen (secondary N) is 2. The molecular formula is C24H33N7O. The van der Waals surface area contributed by atoms with Gasteiger partial charge in [0.25, 0.3) is 0 Å². The zero-order valence-corrected chi connectivity index (χ0v) is 19.0. The molecule has 2 saturated heterocycles. The maximum atomic E-state index is 13.2. The van der Waals surface area contributed by atoms with Crippen LogP contribution < -0.4 is 10.2 Å². The van der Waals surface area contributed by atoms with Gasteiger partial charge in [0.2, 0.25) is 11.9 Å². The largest absolute Gasteiger partial charge is 0.341 e. The topological polar surface area (TPSA) is 90.0 Å². The molecule has 2 aromatic rings. The Morgan fingerprint density at radius 1 is 1.09 bits per heavy atom. The highest BCUT2D eigenvalue weighted by molar-refractivity contribution is 5.85. The van der Waals surface area contributed by atoms with Crippen molar-refractivity contribution in [3.05, 3.63) is 23.0 Å². The van der Waals surface area contributed by atoms with Crippen molar-refractivity contribution in [2.45, 2.75) is 82.6 Å². The van der Waals surface area contributed by atoms with Gasteiger partial charge in [-0.3, -0.25) is 9.89 Å². The molecule has 1 unspecified atom stereocenters. The summed E-state index contributed by atoms with van der Waals surface area (Å²) in [4.78, 5) is 27.3. The monoisotopic (exact) mass is 435 g/mol. The minimum Gasteiger partial charge on any atom is -0.341 e. The second-order valence-corrected chi connectivity index (χ2v) is 10.2. The van der Waals surface area contributed by atoms with Crippen LogP contribution >= 0.6 is 0 Å². The van der Waals surface area contributed by atoms with E-state index >= 15 is 0 Å². The van der Waals surface area contributed by atoms with Crippen LogP contribution in [0.25, 0.3) is 0 Å². The Hall–Kier alpha value is -2.64. The number of rotatable bonds is 5. The fourth-order valence-electron chi connectivity index (χ4n) is 5.86. The Bertz CT molecular complexity index is 1020. The lowest BCUT2D eigenvalue weighted by Gasteiger charge is -2.37. The number of aromatic nitrogens is 4. The lowest BCUT2D eigenvalue weighted by atomic mass is 9.68. The predicted octanol–water partition coefficient (Wildman–Crippen LogP) is 3.46. The van der Waals surface area contributed by atoms with Crippen LogP contribution in [0.4, 0.5) is 17.6 Å². The van der Waals surface area contributed by atoms with Gasteiger partial charge in [-0.15, -0.1) is 0 Å². The van der Waals surface area contributed by atoms with E-state index in [9.17, 15) is 4.79 Å². The number of hydrogen-bond acceptors (Lipinski definition) is 6. The molecule has 1 atom stereocenters. The summed E-state index contributed by atoms with van der Waals surface area (Å²) in [6.45, 7) is 4.93. The SMILES string of the molecule is CC1(c2cc(Nc3nc(N4CCCC4C(=O)N4CCCC4)nc4c3CCC4)n[nH]2)CCC1. The van der Waals surface area contributed by atoms with Gasteiger partial charge in [0, 0.05) is 42.4 Å². The fourth-order valence-corrected chi connectivity index (χ4v) is 5.86. The Kier molecular flexibility index (Phi) is 4.84. The molecule has 8 heteroatoms. The first-order valence-electron chi connectivity index (χ1n) is 12.4. The summed E-state index contributed by atoms with van der Waals surface area (Å²) >= 11 is 0. The number of carbonyl (C=O) groups excluding carboxylic acids is 1. The van der Waals surface area contributed by atoms with E-state index < -0.39 is 0 Å². The van der Waals surface area contributed by atoms with E-state index in [2.05, 4.69) is 33.4 Å². The number of anilines is 3. The molecule has 2 aromatic heterocycles. The number of likely N-dealkylation sites (tertiary alicyclic amines) is 1. The molecule has 0 bridgehead atoms. The molecule has 4 heterocycles. The molecule has 0 spiro atoms. The number of fused-ring (bicyclic) bond motifs is 1. The van der Waals surface area contributed by atoms with Crippen LogP contribution in [-0.4, -0.2) is 56.6 Å². The standard InChI is InChI=1S/C24H33N7O/c1-24(10-6-11-24)19-15-20(29-28-19)26-21-16-7-4-8-17(16)25-23(27-21)31-14-5-9-18(31)22(32)30-12-2-3-13-30/h15,18H,2-14H2,1H3,(H2,25,26,27,28,29). The summed E-state index contributed by atoms with van der Waals surface area (Å²) in [5, 5.41) is 11.3. The summed E-state index contributed by atoms with van der Waals surface area (Å²) in [7, 11) is 0. The van der Waals surface area contributed by atoms with Crippen LogP contribution in [0.3, 0.4) is 0 Å². The maximum absolute atomic E-state index is 13.2. The van der Waals surface area contributed by atoms with E-state index in [1.807, 2.05) is 4.90 Å². The molecular weight excluding hydrogens is 402 g/mol. The van der Waals surface area contributed by atoms with Crippen LogP contribution in [-0.2, 0) is 23.1 Å². The summed E-state index contributed by atoms with van der Waals surface area (Å²) in [6, 6.07) is 2.01. The fraction of sp³-hybridized carbons (Fsp3) is 0.667. The third kappa shape index (κ3) is 3.35. The number of aromatic amines is 1. The van der Waals surface area contributed by atoms with Crippen molar-refractivity contribution in [2.75, 3.05) is 29.9 Å². The smallest absolute Gasteiger partial charge is 0.245 e. The van der Waals surface area contributed by atoms with Crippen molar-refractivity contribution in [3.63, 3.8) is 0 Å². The number of amides is 1. The van der Waals surface area contributed by atoms with Crippen molar-refractivity contribution in [1.82, 2.24) is 25.1 Å². The molecule has 32 heavy (non-hydrogen) atoms. The second kappa shape index (κ2) is 7.74. The van der Waals surface area contributed by atoms with Gasteiger partial charge in [-0.05, 0) is 57.8 Å². The third-order valence-electron chi connectivity index (χ3n) is 8.07. The van der Waals surface area contributed by atoms with E-state index in [4.69, 9.17) is 9.97 Å². The van der Waals surface area contributed by atoms with Gasteiger partial charge in [0.05, 0.1) is 5.69 Å². The predicted molar refractivity (Wildman–Crippen MR) is 123 cm³/mol. The summed E-state index contributed by atoms with van der Waals surface area (Å²) in [5.41, 5.74) is 3.76. The van der Waals surface area contributed by atoms with E-state index in [1.165, 1.54) is 30.5 Å². The summed E-state index contributed by atoms with van der Waals surface area (Å²) in [6.07, 6.45) is 10.9. The van der Waals surface area contributed by atoms with Crippen molar-refractivity contribution in [3.8, 4) is 0 Å². The van der Waals surface area contributed by atoms with Crippen molar-refractivity contribution in [1.29, 1.82) is 0 Å². The number of carbonyl (C=O) groups is 1. The first kappa shape index (κ1) is 20.0. The molecule has 1 saturated carbocycles. The molecule has 6 rings (SSSR count). The van der Waals surface area contributed by atoms with E-state index in [1.54, 1.807) is 0 Å². The average Bonchev–Trinajstić information content (AvgIpc) is 3.57. The first-order valence-corrected chi connectivity index (χ1v) is 12.4. The molecule has 3 fully saturated rings. The maximum Gasteiger partial charge on any atom is 0.245 e. The lowest BCUT2D eigenvalue weighted by molar-refractivity contribution is -0.131. The average molecular weight is 436 g/mol. The summed E-state index contributed by atoms with van der Waals surface area (Å²) < 4.78 is 0. The van der Waals surface area contributed by atoms with Crippen LogP contribution in [0.15, 0.2) is 6.07 Å². The highest BCUT2D eigenvalue weighted by Crippen LogP contribution is 2.43. The molecule has 1 amide bonds. The van der Waals surface area contributed by atoms with Gasteiger partial charge < -0.3 is 15.1 Å². The Morgan fingerprint density at radius 2 is 1.94 bits per heavy atom. The van der Waals surface area contributed by atoms with E-state index in [-0.39, 0.29) is 17.4 Å². The Morgan fingerprint density at radius 3 is 2.72 bits per heavy atom. The molecule has 2 aliphatic heterocycles. The van der Waals surface area contributed by atoms with Gasteiger partial charge in [-0.25, -0.2) is 4.98 Å². The van der Waals surface area contributed by atoms with Gasteiger partial charge in [-0.2, -0.15) is 10.1 Å². The molecule has 0 aromatic carbocycles. The van der Waals surface area contributed by atoms with E-state index in [0.717, 1.165) is 81.9 Å². The van der Waals surface area contributed by atoms with Gasteiger partial charge in [0.1, 0.15) is 11.9 Å². The Labute approximate surface area is 189 Å².